The van der Waals surface area contributed by atoms with Crippen LogP contribution in [0.1, 0.15) is 29.3 Å². The molecule has 2 N–H and O–H groups in total. The number of rotatable bonds is 10. The topological polar surface area (TPSA) is 94.0 Å². The first-order chi connectivity index (χ1) is 16.9. The number of carbonyl (C=O) groups excluding carboxylic acids is 2. The molecule has 0 saturated heterocycles. The van der Waals surface area contributed by atoms with E-state index in [2.05, 4.69) is 27.9 Å². The van der Waals surface area contributed by atoms with Crippen LogP contribution in [0, 0.1) is 13.8 Å². The standard InChI is InChI=1S/C26H34N6O3/c1-5-27-10-11-31(17-26(34)30(4)32-15-20-8-6-7-9-21(20)16-32)25(33)14-28-23-13-24-22(12-18(23)2)19(3)29-35-24/h6-9,12-13,27-28H,5,10-11,14-17H2,1-4H3. The highest BCUT2D eigenvalue weighted by Crippen LogP contribution is 2.26. The van der Waals surface area contributed by atoms with Crippen LogP contribution in [0.5, 0.6) is 0 Å². The third kappa shape index (κ3) is 5.63. The summed E-state index contributed by atoms with van der Waals surface area (Å²) in [4.78, 5) is 27.9. The number of carbonyl (C=O) groups is 2. The van der Waals surface area contributed by atoms with Gasteiger partial charge in [0.15, 0.2) is 5.58 Å². The summed E-state index contributed by atoms with van der Waals surface area (Å²) < 4.78 is 5.37. The van der Waals surface area contributed by atoms with Crippen molar-refractivity contribution in [2.45, 2.75) is 33.9 Å². The van der Waals surface area contributed by atoms with Crippen molar-refractivity contribution in [1.82, 2.24) is 25.4 Å². The summed E-state index contributed by atoms with van der Waals surface area (Å²) in [7, 11) is 1.78. The van der Waals surface area contributed by atoms with Crippen LogP contribution in [-0.2, 0) is 22.7 Å². The number of aromatic nitrogens is 1. The molecule has 3 aromatic rings. The van der Waals surface area contributed by atoms with Crippen molar-refractivity contribution in [2.75, 3.05) is 45.1 Å². The molecular weight excluding hydrogens is 444 g/mol. The molecule has 186 valence electrons. The molecular formula is C26H34N6O3. The van der Waals surface area contributed by atoms with Gasteiger partial charge in [-0.3, -0.25) is 14.6 Å². The highest BCUT2D eigenvalue weighted by Gasteiger charge is 2.27. The van der Waals surface area contributed by atoms with Gasteiger partial charge >= 0.3 is 0 Å². The quantitative estimate of drug-likeness (QED) is 0.433. The largest absolute Gasteiger partial charge is 0.376 e. The smallest absolute Gasteiger partial charge is 0.256 e. The Kier molecular flexibility index (Phi) is 7.67. The predicted octanol–water partition coefficient (Wildman–Crippen LogP) is 2.68. The molecule has 1 aliphatic heterocycles. The molecule has 1 aromatic heterocycles. The van der Waals surface area contributed by atoms with Gasteiger partial charge in [0.05, 0.1) is 12.2 Å². The summed E-state index contributed by atoms with van der Waals surface area (Å²) in [5.41, 5.74) is 5.78. The SMILES string of the molecule is CCNCCN(CC(=O)N(C)N1Cc2ccccc2C1)C(=O)CNc1cc2onc(C)c2cc1C. The normalized spacial score (nSPS) is 13.1. The summed E-state index contributed by atoms with van der Waals surface area (Å²) in [5, 5.41) is 15.1. The van der Waals surface area contributed by atoms with Crippen LogP contribution < -0.4 is 10.6 Å². The molecule has 9 nitrogen and oxygen atoms in total. The summed E-state index contributed by atoms with van der Waals surface area (Å²) in [6.07, 6.45) is 0. The lowest BCUT2D eigenvalue weighted by molar-refractivity contribution is -0.151. The summed E-state index contributed by atoms with van der Waals surface area (Å²) >= 11 is 0. The molecule has 0 aliphatic carbocycles. The Hall–Kier alpha value is -3.43. The average Bonchev–Trinajstić information content (AvgIpc) is 3.44. The molecule has 2 aromatic carbocycles. The Balaban J connectivity index is 1.39. The molecule has 0 unspecified atom stereocenters. The minimum Gasteiger partial charge on any atom is -0.376 e. The van der Waals surface area contributed by atoms with Crippen molar-refractivity contribution in [3.05, 3.63) is 58.8 Å². The van der Waals surface area contributed by atoms with Crippen molar-refractivity contribution in [3.63, 3.8) is 0 Å². The molecule has 0 fully saturated rings. The minimum absolute atomic E-state index is 0.0224. The van der Waals surface area contributed by atoms with E-state index in [4.69, 9.17) is 4.52 Å². The number of fused-ring (bicyclic) bond motifs is 2. The molecule has 4 rings (SSSR count). The van der Waals surface area contributed by atoms with E-state index in [0.717, 1.165) is 28.9 Å². The van der Waals surface area contributed by atoms with Gasteiger partial charge in [0.1, 0.15) is 6.54 Å². The molecule has 35 heavy (non-hydrogen) atoms. The molecule has 2 heterocycles. The highest BCUT2D eigenvalue weighted by atomic mass is 16.5. The lowest BCUT2D eigenvalue weighted by Gasteiger charge is -2.31. The fourth-order valence-corrected chi connectivity index (χ4v) is 4.32. The van der Waals surface area contributed by atoms with Crippen LogP contribution in [0.4, 0.5) is 5.69 Å². The molecule has 1 aliphatic rings. The second kappa shape index (κ2) is 10.9. The third-order valence-corrected chi connectivity index (χ3v) is 6.52. The van der Waals surface area contributed by atoms with E-state index >= 15 is 0 Å². The van der Waals surface area contributed by atoms with E-state index in [1.807, 2.05) is 50.0 Å². The lowest BCUT2D eigenvalue weighted by Crippen LogP contribution is -2.49. The van der Waals surface area contributed by atoms with Gasteiger partial charge in [-0.05, 0) is 43.1 Å². The van der Waals surface area contributed by atoms with Gasteiger partial charge in [-0.25, -0.2) is 5.01 Å². The Morgan fingerprint density at radius 1 is 1.11 bits per heavy atom. The van der Waals surface area contributed by atoms with Gasteiger partial charge in [0, 0.05) is 50.4 Å². The van der Waals surface area contributed by atoms with Gasteiger partial charge < -0.3 is 20.1 Å². The molecule has 0 atom stereocenters. The van der Waals surface area contributed by atoms with Crippen molar-refractivity contribution in [2.24, 2.45) is 0 Å². The van der Waals surface area contributed by atoms with E-state index in [9.17, 15) is 9.59 Å². The van der Waals surface area contributed by atoms with E-state index in [1.54, 1.807) is 17.0 Å². The number of hydrazine groups is 1. The van der Waals surface area contributed by atoms with Gasteiger partial charge in [-0.15, -0.1) is 0 Å². The number of anilines is 1. The Bertz CT molecular complexity index is 1180. The maximum Gasteiger partial charge on any atom is 0.256 e. The van der Waals surface area contributed by atoms with E-state index in [-0.39, 0.29) is 24.9 Å². The van der Waals surface area contributed by atoms with E-state index in [1.165, 1.54) is 11.1 Å². The van der Waals surface area contributed by atoms with Crippen molar-refractivity contribution in [1.29, 1.82) is 0 Å². The second-order valence-electron chi connectivity index (χ2n) is 8.96. The molecule has 0 radical (unpaired) electrons. The highest BCUT2D eigenvalue weighted by molar-refractivity contribution is 5.88. The minimum atomic E-state index is -0.136. The molecule has 0 spiro atoms. The molecule has 2 amide bonds. The van der Waals surface area contributed by atoms with Gasteiger partial charge in [0.25, 0.3) is 5.91 Å². The van der Waals surface area contributed by atoms with Crippen molar-refractivity contribution >= 4 is 28.5 Å². The number of nitrogens with zero attached hydrogens (tertiary/aromatic N) is 4. The van der Waals surface area contributed by atoms with Crippen molar-refractivity contribution in [3.8, 4) is 0 Å². The zero-order chi connectivity index (χ0) is 24.9. The van der Waals surface area contributed by atoms with Crippen LogP contribution in [0.2, 0.25) is 0 Å². The number of hydrogen-bond acceptors (Lipinski definition) is 7. The Morgan fingerprint density at radius 3 is 2.51 bits per heavy atom. The number of aryl methyl sites for hydroxylation is 2. The summed E-state index contributed by atoms with van der Waals surface area (Å²) in [6, 6.07) is 12.1. The Labute approximate surface area is 206 Å². The van der Waals surface area contributed by atoms with E-state index < -0.39 is 0 Å². The molecule has 9 heteroatoms. The first-order valence-electron chi connectivity index (χ1n) is 12.0. The van der Waals surface area contributed by atoms with Crippen LogP contribution in [0.3, 0.4) is 0 Å². The number of amides is 2. The second-order valence-corrected chi connectivity index (χ2v) is 8.96. The zero-order valence-electron chi connectivity index (χ0n) is 20.9. The first kappa shape index (κ1) is 24.7. The monoisotopic (exact) mass is 478 g/mol. The van der Waals surface area contributed by atoms with Crippen molar-refractivity contribution < 1.29 is 14.1 Å². The summed E-state index contributed by atoms with van der Waals surface area (Å²) in [6.45, 7) is 9.25. The summed E-state index contributed by atoms with van der Waals surface area (Å²) in [5.74, 6) is -0.250. The average molecular weight is 479 g/mol. The van der Waals surface area contributed by atoms with Crippen LogP contribution >= 0.6 is 0 Å². The lowest BCUT2D eigenvalue weighted by atomic mass is 10.1. The Morgan fingerprint density at radius 2 is 1.83 bits per heavy atom. The maximum atomic E-state index is 13.2. The van der Waals surface area contributed by atoms with Crippen LogP contribution in [-0.4, -0.2) is 71.7 Å². The predicted molar refractivity (Wildman–Crippen MR) is 136 cm³/mol. The number of benzene rings is 2. The fourth-order valence-electron chi connectivity index (χ4n) is 4.32. The maximum absolute atomic E-state index is 13.2. The first-order valence-corrected chi connectivity index (χ1v) is 12.0. The fraction of sp³-hybridized carbons (Fsp3) is 0.423. The number of nitrogens with one attached hydrogen (secondary N) is 2. The zero-order valence-corrected chi connectivity index (χ0v) is 20.9. The molecule has 0 saturated carbocycles. The number of likely N-dealkylation sites (N-methyl/N-ethyl adjacent to an activating group) is 2. The third-order valence-electron chi connectivity index (χ3n) is 6.52. The van der Waals surface area contributed by atoms with E-state index in [0.29, 0.717) is 31.8 Å². The van der Waals surface area contributed by atoms with Gasteiger partial charge in [0.2, 0.25) is 5.91 Å². The van der Waals surface area contributed by atoms with Gasteiger partial charge in [-0.1, -0.05) is 36.3 Å². The van der Waals surface area contributed by atoms with Gasteiger partial charge in [-0.2, -0.15) is 0 Å². The van der Waals surface area contributed by atoms with Crippen LogP contribution in [0.15, 0.2) is 40.9 Å². The van der Waals surface area contributed by atoms with Crippen LogP contribution in [0.25, 0.3) is 11.0 Å². The molecule has 0 bridgehead atoms. The number of hydrogen-bond donors (Lipinski definition) is 2.